The van der Waals surface area contributed by atoms with Crippen LogP contribution >= 0.6 is 11.6 Å². The van der Waals surface area contributed by atoms with E-state index in [9.17, 15) is 19.7 Å². The summed E-state index contributed by atoms with van der Waals surface area (Å²) in [7, 11) is 0. The van der Waals surface area contributed by atoms with Crippen molar-refractivity contribution in [2.24, 2.45) is 0 Å². The fourth-order valence-electron chi connectivity index (χ4n) is 4.38. The van der Waals surface area contributed by atoms with Crippen molar-refractivity contribution in [3.05, 3.63) is 74.8 Å². The smallest absolute Gasteiger partial charge is 0.273 e. The molecule has 0 bridgehead atoms. The van der Waals surface area contributed by atoms with Crippen molar-refractivity contribution in [3.63, 3.8) is 0 Å². The standard InChI is InChI=1S/C25H30ClN3O4/c1-2-22(25(31)27-20-12-4-3-5-13-20)28(17-19-11-6-8-14-21(19)26)24(30)16-18-10-7-9-15-23(18)29(32)33/h6-11,14-15,20,22H,2-5,12-13,16-17H2,1H3,(H,27,31)/t22-/m1/s1. The van der Waals surface area contributed by atoms with Crippen molar-refractivity contribution in [2.45, 2.75) is 70.5 Å². The molecule has 1 atom stereocenters. The van der Waals surface area contributed by atoms with E-state index in [4.69, 9.17) is 11.6 Å². The lowest BCUT2D eigenvalue weighted by atomic mass is 9.95. The molecule has 0 unspecified atom stereocenters. The van der Waals surface area contributed by atoms with Gasteiger partial charge in [-0.05, 0) is 30.9 Å². The predicted molar refractivity (Wildman–Crippen MR) is 128 cm³/mol. The van der Waals surface area contributed by atoms with E-state index in [1.807, 2.05) is 19.1 Å². The molecule has 3 rings (SSSR count). The Balaban J connectivity index is 1.87. The minimum atomic E-state index is -0.696. The molecule has 1 N–H and O–H groups in total. The summed E-state index contributed by atoms with van der Waals surface area (Å²) >= 11 is 6.36. The van der Waals surface area contributed by atoms with Gasteiger partial charge in [0.2, 0.25) is 11.8 Å². The summed E-state index contributed by atoms with van der Waals surface area (Å²) < 4.78 is 0. The molecule has 2 aromatic carbocycles. The summed E-state index contributed by atoms with van der Waals surface area (Å²) in [4.78, 5) is 39.2. The quantitative estimate of drug-likeness (QED) is 0.409. The Labute approximate surface area is 199 Å². The van der Waals surface area contributed by atoms with E-state index in [1.165, 1.54) is 17.4 Å². The number of carbonyl (C=O) groups excluding carboxylic acids is 2. The van der Waals surface area contributed by atoms with E-state index in [1.54, 1.807) is 30.3 Å². The molecule has 1 saturated carbocycles. The SMILES string of the molecule is CC[C@H](C(=O)NC1CCCCC1)N(Cc1ccccc1Cl)C(=O)Cc1ccccc1[N+](=O)[O-]. The number of hydrogen-bond acceptors (Lipinski definition) is 4. The van der Waals surface area contributed by atoms with Gasteiger partial charge in [0.1, 0.15) is 6.04 Å². The Morgan fingerprint density at radius 1 is 1.09 bits per heavy atom. The number of halogens is 1. The van der Waals surface area contributed by atoms with Gasteiger partial charge in [-0.3, -0.25) is 19.7 Å². The maximum absolute atomic E-state index is 13.5. The van der Waals surface area contributed by atoms with Crippen LogP contribution in [-0.4, -0.2) is 33.7 Å². The Hall–Kier alpha value is -2.93. The van der Waals surface area contributed by atoms with Gasteiger partial charge in [-0.15, -0.1) is 0 Å². The zero-order valence-electron chi connectivity index (χ0n) is 18.8. The number of benzene rings is 2. The highest BCUT2D eigenvalue weighted by Gasteiger charge is 2.31. The number of carbonyl (C=O) groups is 2. The number of nitro benzene ring substituents is 1. The topological polar surface area (TPSA) is 92.6 Å². The summed E-state index contributed by atoms with van der Waals surface area (Å²) in [5, 5.41) is 15.1. The number of rotatable bonds is 9. The minimum absolute atomic E-state index is 0.108. The highest BCUT2D eigenvalue weighted by atomic mass is 35.5. The van der Waals surface area contributed by atoms with Crippen LogP contribution in [-0.2, 0) is 22.6 Å². The van der Waals surface area contributed by atoms with E-state index in [0.717, 1.165) is 31.2 Å². The van der Waals surface area contributed by atoms with Crippen molar-refractivity contribution in [3.8, 4) is 0 Å². The lowest BCUT2D eigenvalue weighted by Gasteiger charge is -2.33. The van der Waals surface area contributed by atoms with E-state index in [-0.39, 0.29) is 36.5 Å². The fourth-order valence-corrected chi connectivity index (χ4v) is 4.57. The average Bonchev–Trinajstić information content (AvgIpc) is 2.81. The fraction of sp³-hybridized carbons (Fsp3) is 0.440. The molecule has 8 heteroatoms. The molecule has 2 aromatic rings. The Bertz CT molecular complexity index is 991. The number of nitrogens with zero attached hydrogens (tertiary/aromatic N) is 2. The van der Waals surface area contributed by atoms with Crippen LogP contribution < -0.4 is 5.32 Å². The average molecular weight is 472 g/mol. The summed E-state index contributed by atoms with van der Waals surface area (Å²) in [6, 6.07) is 12.8. The molecule has 1 aliphatic rings. The van der Waals surface area contributed by atoms with Crippen molar-refractivity contribution in [1.29, 1.82) is 0 Å². The molecule has 7 nitrogen and oxygen atoms in total. The van der Waals surface area contributed by atoms with Crippen molar-refractivity contribution >= 4 is 29.1 Å². The molecule has 0 spiro atoms. The predicted octanol–water partition coefficient (Wildman–Crippen LogP) is 5.05. The lowest BCUT2D eigenvalue weighted by Crippen LogP contribution is -2.52. The first kappa shape index (κ1) is 24.7. The van der Waals surface area contributed by atoms with Gasteiger partial charge in [0.15, 0.2) is 0 Å². The second-order valence-corrected chi connectivity index (χ2v) is 8.85. The summed E-state index contributed by atoms with van der Waals surface area (Å²) in [6.45, 7) is 2.01. The third kappa shape index (κ3) is 6.54. The third-order valence-corrected chi connectivity index (χ3v) is 6.53. The number of nitrogens with one attached hydrogen (secondary N) is 1. The molecular weight excluding hydrogens is 442 g/mol. The number of nitro groups is 1. The van der Waals surface area contributed by atoms with Crippen LogP contribution in [0.5, 0.6) is 0 Å². The van der Waals surface area contributed by atoms with Gasteiger partial charge in [-0.25, -0.2) is 0 Å². The van der Waals surface area contributed by atoms with E-state index < -0.39 is 11.0 Å². The zero-order valence-corrected chi connectivity index (χ0v) is 19.6. The molecule has 0 heterocycles. The lowest BCUT2D eigenvalue weighted by molar-refractivity contribution is -0.385. The first-order chi connectivity index (χ1) is 15.9. The monoisotopic (exact) mass is 471 g/mol. The number of para-hydroxylation sites is 1. The van der Waals surface area contributed by atoms with E-state index >= 15 is 0 Å². The van der Waals surface area contributed by atoms with E-state index in [2.05, 4.69) is 5.32 Å². The minimum Gasteiger partial charge on any atom is -0.352 e. The van der Waals surface area contributed by atoms with Gasteiger partial charge in [0, 0.05) is 29.2 Å². The second-order valence-electron chi connectivity index (χ2n) is 8.44. The highest BCUT2D eigenvalue weighted by Crippen LogP contribution is 2.24. The first-order valence-corrected chi connectivity index (χ1v) is 11.8. The van der Waals surface area contributed by atoms with Crippen LogP contribution in [0.25, 0.3) is 0 Å². The molecule has 0 radical (unpaired) electrons. The van der Waals surface area contributed by atoms with Crippen LogP contribution in [0.2, 0.25) is 5.02 Å². The van der Waals surface area contributed by atoms with Crippen molar-refractivity contribution in [2.75, 3.05) is 0 Å². The van der Waals surface area contributed by atoms with Crippen molar-refractivity contribution in [1.82, 2.24) is 10.2 Å². The molecule has 176 valence electrons. The first-order valence-electron chi connectivity index (χ1n) is 11.5. The molecule has 33 heavy (non-hydrogen) atoms. The largest absolute Gasteiger partial charge is 0.352 e. The maximum atomic E-state index is 13.5. The summed E-state index contributed by atoms with van der Waals surface area (Å²) in [5.74, 6) is -0.540. The van der Waals surface area contributed by atoms with Crippen molar-refractivity contribution < 1.29 is 14.5 Å². The third-order valence-electron chi connectivity index (χ3n) is 6.17. The van der Waals surface area contributed by atoms with Gasteiger partial charge in [-0.1, -0.05) is 74.2 Å². The molecule has 0 saturated heterocycles. The number of hydrogen-bond donors (Lipinski definition) is 1. The summed E-state index contributed by atoms with van der Waals surface area (Å²) in [6.07, 6.45) is 5.48. The van der Waals surface area contributed by atoms with Crippen LogP contribution in [0.1, 0.15) is 56.6 Å². The van der Waals surface area contributed by atoms with Gasteiger partial charge < -0.3 is 10.2 Å². The maximum Gasteiger partial charge on any atom is 0.273 e. The van der Waals surface area contributed by atoms with Crippen LogP contribution in [0.4, 0.5) is 5.69 Å². The summed E-state index contributed by atoms with van der Waals surface area (Å²) in [5.41, 5.74) is 0.932. The van der Waals surface area contributed by atoms with E-state index in [0.29, 0.717) is 17.0 Å². The van der Waals surface area contributed by atoms with Gasteiger partial charge >= 0.3 is 0 Å². The van der Waals surface area contributed by atoms with Crippen LogP contribution in [0.15, 0.2) is 48.5 Å². The highest BCUT2D eigenvalue weighted by molar-refractivity contribution is 6.31. The Morgan fingerprint density at radius 3 is 2.36 bits per heavy atom. The van der Waals surface area contributed by atoms with Gasteiger partial charge in [0.05, 0.1) is 11.3 Å². The second kappa shape index (κ2) is 11.8. The molecule has 0 aliphatic heterocycles. The Morgan fingerprint density at radius 2 is 1.73 bits per heavy atom. The van der Waals surface area contributed by atoms with Gasteiger partial charge in [-0.2, -0.15) is 0 Å². The Kier molecular flexibility index (Phi) is 8.83. The molecular formula is C25H30ClN3O4. The van der Waals surface area contributed by atoms with Crippen LogP contribution in [0, 0.1) is 10.1 Å². The van der Waals surface area contributed by atoms with Gasteiger partial charge in [0.25, 0.3) is 5.69 Å². The molecule has 2 amide bonds. The molecule has 0 aromatic heterocycles. The molecule has 1 aliphatic carbocycles. The number of amides is 2. The van der Waals surface area contributed by atoms with Crippen LogP contribution in [0.3, 0.4) is 0 Å². The molecule has 1 fully saturated rings. The normalized spacial score (nSPS) is 15.0. The zero-order chi connectivity index (χ0) is 23.8.